The van der Waals surface area contributed by atoms with Crippen LogP contribution in [0.15, 0.2) is 48.8 Å². The molecule has 2 atom stereocenters. The topological polar surface area (TPSA) is 59.4 Å². The van der Waals surface area contributed by atoms with E-state index in [4.69, 9.17) is 9.84 Å². The van der Waals surface area contributed by atoms with Gasteiger partial charge in [0.05, 0.1) is 12.5 Å². The van der Waals surface area contributed by atoms with Gasteiger partial charge in [-0.1, -0.05) is 12.1 Å². The zero-order valence-corrected chi connectivity index (χ0v) is 10.9. The number of aliphatic carboxylic acids is 1. The van der Waals surface area contributed by atoms with Gasteiger partial charge in [-0.3, -0.25) is 9.78 Å². The molecule has 1 aromatic heterocycles. The number of hydrogen-bond donors (Lipinski definition) is 1. The number of aromatic nitrogens is 1. The summed E-state index contributed by atoms with van der Waals surface area (Å²) in [6.45, 7) is 0.478. The number of rotatable bonds is 5. The summed E-state index contributed by atoms with van der Waals surface area (Å²) in [5.41, 5.74) is 2.22. The molecule has 0 radical (unpaired) electrons. The van der Waals surface area contributed by atoms with E-state index in [1.807, 2.05) is 36.4 Å². The molecule has 0 amide bonds. The van der Waals surface area contributed by atoms with E-state index in [2.05, 4.69) is 4.98 Å². The maximum atomic E-state index is 10.7. The van der Waals surface area contributed by atoms with Crippen molar-refractivity contribution in [1.82, 2.24) is 4.98 Å². The monoisotopic (exact) mass is 269 g/mol. The molecule has 2 aromatic rings. The maximum absolute atomic E-state index is 10.7. The van der Waals surface area contributed by atoms with Crippen LogP contribution in [0.2, 0.25) is 0 Å². The average molecular weight is 269 g/mol. The Bertz CT molecular complexity index is 595. The van der Waals surface area contributed by atoms with E-state index >= 15 is 0 Å². The summed E-state index contributed by atoms with van der Waals surface area (Å²) in [7, 11) is 0. The van der Waals surface area contributed by atoms with Gasteiger partial charge in [-0.25, -0.2) is 0 Å². The average Bonchev–Trinajstić information content (AvgIpc) is 3.26. The first kappa shape index (κ1) is 12.7. The lowest BCUT2D eigenvalue weighted by Gasteiger charge is -2.06. The molecule has 20 heavy (non-hydrogen) atoms. The highest BCUT2D eigenvalue weighted by molar-refractivity contribution is 5.73. The molecule has 1 aliphatic rings. The van der Waals surface area contributed by atoms with Crippen molar-refractivity contribution >= 4 is 5.97 Å². The SMILES string of the molecule is O=C(O)[C@@H]1C[C@H]1COc1ccc(-c2ccncc2)cc1. The first-order valence-corrected chi connectivity index (χ1v) is 6.60. The fourth-order valence-electron chi connectivity index (χ4n) is 2.23. The van der Waals surface area contributed by atoms with E-state index in [0.717, 1.165) is 23.3 Å². The summed E-state index contributed by atoms with van der Waals surface area (Å²) in [4.78, 5) is 14.7. The normalized spacial score (nSPS) is 20.4. The number of nitrogens with zero attached hydrogens (tertiary/aromatic N) is 1. The molecule has 1 aromatic carbocycles. The number of hydrogen-bond acceptors (Lipinski definition) is 3. The van der Waals surface area contributed by atoms with Crippen LogP contribution in [0.4, 0.5) is 0 Å². The molecular weight excluding hydrogens is 254 g/mol. The molecule has 0 spiro atoms. The number of ether oxygens (including phenoxy) is 1. The molecule has 4 heteroatoms. The van der Waals surface area contributed by atoms with Crippen molar-refractivity contribution in [2.75, 3.05) is 6.61 Å². The van der Waals surface area contributed by atoms with Crippen molar-refractivity contribution in [1.29, 1.82) is 0 Å². The lowest BCUT2D eigenvalue weighted by atomic mass is 10.1. The van der Waals surface area contributed by atoms with Crippen LogP contribution in [0.3, 0.4) is 0 Å². The van der Waals surface area contributed by atoms with Crippen LogP contribution < -0.4 is 4.74 Å². The standard InChI is InChI=1S/C16H15NO3/c18-16(19)15-9-13(15)10-20-14-3-1-11(2-4-14)12-5-7-17-8-6-12/h1-8,13,15H,9-10H2,(H,18,19)/t13-,15+/m0/s1. The van der Waals surface area contributed by atoms with Crippen LogP contribution in [0, 0.1) is 11.8 Å². The molecule has 3 rings (SSSR count). The molecule has 102 valence electrons. The smallest absolute Gasteiger partial charge is 0.306 e. The zero-order chi connectivity index (χ0) is 13.9. The zero-order valence-electron chi connectivity index (χ0n) is 10.9. The Kier molecular flexibility index (Phi) is 3.37. The van der Waals surface area contributed by atoms with Crippen LogP contribution in [0.25, 0.3) is 11.1 Å². The number of carboxylic acid groups (broad SMARTS) is 1. The number of carboxylic acids is 1. The highest BCUT2D eigenvalue weighted by Gasteiger charge is 2.43. The van der Waals surface area contributed by atoms with Gasteiger partial charge in [-0.05, 0) is 41.8 Å². The van der Waals surface area contributed by atoms with Gasteiger partial charge in [0.2, 0.25) is 0 Å². The van der Waals surface area contributed by atoms with E-state index in [-0.39, 0.29) is 11.8 Å². The van der Waals surface area contributed by atoms with E-state index in [1.54, 1.807) is 12.4 Å². The van der Waals surface area contributed by atoms with Crippen LogP contribution in [0.1, 0.15) is 6.42 Å². The maximum Gasteiger partial charge on any atom is 0.306 e. The Labute approximate surface area is 117 Å². The van der Waals surface area contributed by atoms with E-state index < -0.39 is 5.97 Å². The van der Waals surface area contributed by atoms with Crippen molar-refractivity contribution < 1.29 is 14.6 Å². The van der Waals surface area contributed by atoms with Crippen molar-refractivity contribution in [3.8, 4) is 16.9 Å². The summed E-state index contributed by atoms with van der Waals surface area (Å²) < 4.78 is 5.63. The van der Waals surface area contributed by atoms with Crippen LogP contribution in [-0.4, -0.2) is 22.7 Å². The van der Waals surface area contributed by atoms with E-state index in [1.165, 1.54) is 0 Å². The predicted octanol–water partition coefficient (Wildman–Crippen LogP) is 2.85. The molecule has 1 N–H and O–H groups in total. The molecule has 1 aliphatic carbocycles. The Morgan fingerprint density at radius 3 is 2.40 bits per heavy atom. The lowest BCUT2D eigenvalue weighted by molar-refractivity contribution is -0.138. The van der Waals surface area contributed by atoms with Crippen LogP contribution in [0.5, 0.6) is 5.75 Å². The minimum absolute atomic E-state index is 0.160. The summed E-state index contributed by atoms with van der Waals surface area (Å²) in [6, 6.07) is 11.7. The number of carbonyl (C=O) groups is 1. The second-order valence-corrected chi connectivity index (χ2v) is 5.01. The first-order chi connectivity index (χ1) is 9.74. The number of benzene rings is 1. The van der Waals surface area contributed by atoms with Gasteiger partial charge in [0.25, 0.3) is 0 Å². The van der Waals surface area contributed by atoms with Gasteiger partial charge in [-0.2, -0.15) is 0 Å². The molecule has 0 unspecified atom stereocenters. The van der Waals surface area contributed by atoms with Gasteiger partial charge in [0, 0.05) is 18.3 Å². The minimum Gasteiger partial charge on any atom is -0.493 e. The molecule has 4 nitrogen and oxygen atoms in total. The second kappa shape index (κ2) is 5.33. The fourth-order valence-corrected chi connectivity index (χ4v) is 2.23. The van der Waals surface area contributed by atoms with E-state index in [0.29, 0.717) is 6.61 Å². The van der Waals surface area contributed by atoms with Crippen molar-refractivity contribution in [2.24, 2.45) is 11.8 Å². The molecular formula is C16H15NO3. The van der Waals surface area contributed by atoms with Gasteiger partial charge >= 0.3 is 5.97 Å². The van der Waals surface area contributed by atoms with Crippen molar-refractivity contribution in [3.05, 3.63) is 48.8 Å². The molecule has 0 bridgehead atoms. The Morgan fingerprint density at radius 2 is 1.80 bits per heavy atom. The van der Waals surface area contributed by atoms with Gasteiger partial charge in [0.1, 0.15) is 5.75 Å². The van der Waals surface area contributed by atoms with Crippen molar-refractivity contribution in [3.63, 3.8) is 0 Å². The molecule has 1 fully saturated rings. The predicted molar refractivity (Wildman–Crippen MR) is 74.4 cm³/mol. The first-order valence-electron chi connectivity index (χ1n) is 6.60. The highest BCUT2D eigenvalue weighted by Crippen LogP contribution is 2.38. The summed E-state index contributed by atoms with van der Waals surface area (Å²) in [5, 5.41) is 8.82. The van der Waals surface area contributed by atoms with Crippen LogP contribution >= 0.6 is 0 Å². The number of pyridine rings is 1. The third kappa shape index (κ3) is 2.79. The Balaban J connectivity index is 1.59. The molecule has 1 saturated carbocycles. The quantitative estimate of drug-likeness (QED) is 0.906. The molecule has 0 aliphatic heterocycles. The summed E-state index contributed by atoms with van der Waals surface area (Å²) in [5.74, 6) is 0.00365. The second-order valence-electron chi connectivity index (χ2n) is 5.01. The third-order valence-corrected chi connectivity index (χ3v) is 3.57. The van der Waals surface area contributed by atoms with Gasteiger partial charge in [-0.15, -0.1) is 0 Å². The van der Waals surface area contributed by atoms with Gasteiger partial charge < -0.3 is 9.84 Å². The summed E-state index contributed by atoms with van der Waals surface area (Å²) in [6.07, 6.45) is 4.25. The highest BCUT2D eigenvalue weighted by atomic mass is 16.5. The Morgan fingerprint density at radius 1 is 1.15 bits per heavy atom. The van der Waals surface area contributed by atoms with E-state index in [9.17, 15) is 4.79 Å². The van der Waals surface area contributed by atoms with Gasteiger partial charge in [0.15, 0.2) is 0 Å². The summed E-state index contributed by atoms with van der Waals surface area (Å²) >= 11 is 0. The Hall–Kier alpha value is -2.36. The minimum atomic E-state index is -0.716. The third-order valence-electron chi connectivity index (χ3n) is 3.57. The molecule has 1 heterocycles. The largest absolute Gasteiger partial charge is 0.493 e. The van der Waals surface area contributed by atoms with Crippen LogP contribution in [-0.2, 0) is 4.79 Å². The lowest BCUT2D eigenvalue weighted by Crippen LogP contribution is -2.06. The fraction of sp³-hybridized carbons (Fsp3) is 0.250. The van der Waals surface area contributed by atoms with Crippen molar-refractivity contribution in [2.45, 2.75) is 6.42 Å². The molecule has 0 saturated heterocycles.